The predicted molar refractivity (Wildman–Crippen MR) is 122 cm³/mol. The Labute approximate surface area is 175 Å². The van der Waals surface area contributed by atoms with Gasteiger partial charge in [-0.05, 0) is 48.2 Å². The van der Waals surface area contributed by atoms with Crippen LogP contribution >= 0.6 is 11.8 Å². The molecule has 0 bridgehead atoms. The molecule has 4 heteroatoms. The van der Waals surface area contributed by atoms with Crippen LogP contribution in [0.1, 0.15) is 36.5 Å². The van der Waals surface area contributed by atoms with E-state index >= 15 is 0 Å². The van der Waals surface area contributed by atoms with Crippen molar-refractivity contribution in [2.75, 3.05) is 0 Å². The van der Waals surface area contributed by atoms with Crippen molar-refractivity contribution in [2.24, 2.45) is 0 Å². The van der Waals surface area contributed by atoms with Crippen molar-refractivity contribution < 1.29 is 0 Å². The van der Waals surface area contributed by atoms with Crippen LogP contribution in [0.3, 0.4) is 0 Å². The van der Waals surface area contributed by atoms with Crippen molar-refractivity contribution in [3.63, 3.8) is 0 Å². The number of para-hydroxylation sites is 1. The van der Waals surface area contributed by atoms with E-state index in [0.717, 1.165) is 22.5 Å². The Balaban J connectivity index is 1.75. The number of aromatic nitrogens is 2. The van der Waals surface area contributed by atoms with Gasteiger partial charge in [0, 0.05) is 5.75 Å². The molecule has 1 aromatic heterocycles. The van der Waals surface area contributed by atoms with Gasteiger partial charge in [-0.1, -0.05) is 79.7 Å². The maximum atomic E-state index is 13.3. The predicted octanol–water partition coefficient (Wildman–Crippen LogP) is 6.11. The molecule has 146 valence electrons. The molecule has 0 N–H and O–H groups in total. The first-order valence-corrected chi connectivity index (χ1v) is 10.8. The molecule has 4 rings (SSSR count). The highest BCUT2D eigenvalue weighted by Gasteiger charge is 2.13. The maximum absolute atomic E-state index is 13.3. The summed E-state index contributed by atoms with van der Waals surface area (Å²) in [7, 11) is 0. The minimum atomic E-state index is -0.0305. The summed E-state index contributed by atoms with van der Waals surface area (Å²) in [6.07, 6.45) is 0. The smallest absolute Gasteiger partial charge is 0.266 e. The first kappa shape index (κ1) is 19.5. The third kappa shape index (κ3) is 4.13. The topological polar surface area (TPSA) is 34.9 Å². The monoisotopic (exact) mass is 400 g/mol. The molecule has 0 aliphatic carbocycles. The Bertz CT molecular complexity index is 1190. The van der Waals surface area contributed by atoms with Gasteiger partial charge in [0.05, 0.1) is 16.6 Å². The molecule has 0 aliphatic heterocycles. The van der Waals surface area contributed by atoms with Crippen LogP contribution in [0, 0.1) is 6.92 Å². The van der Waals surface area contributed by atoms with Crippen LogP contribution < -0.4 is 5.56 Å². The minimum absolute atomic E-state index is 0.0305. The highest BCUT2D eigenvalue weighted by atomic mass is 32.2. The fourth-order valence-electron chi connectivity index (χ4n) is 3.28. The summed E-state index contributed by atoms with van der Waals surface area (Å²) in [4.78, 5) is 18.1. The fraction of sp³-hybridized carbons (Fsp3) is 0.200. The maximum Gasteiger partial charge on any atom is 0.266 e. The van der Waals surface area contributed by atoms with Crippen LogP contribution in [0.5, 0.6) is 0 Å². The summed E-state index contributed by atoms with van der Waals surface area (Å²) >= 11 is 1.59. The van der Waals surface area contributed by atoms with Crippen LogP contribution in [0.25, 0.3) is 16.6 Å². The van der Waals surface area contributed by atoms with E-state index in [1.807, 2.05) is 55.5 Å². The van der Waals surface area contributed by atoms with Gasteiger partial charge in [0.2, 0.25) is 0 Å². The van der Waals surface area contributed by atoms with Crippen LogP contribution in [0.15, 0.2) is 82.7 Å². The van der Waals surface area contributed by atoms with Crippen molar-refractivity contribution in [1.29, 1.82) is 0 Å². The SMILES string of the molecule is Cc1ccc(-n2c(SCc3ccc(C(C)C)cc3)nc3ccccc3c2=O)cc1. The molecular formula is C25H24N2OS. The van der Waals surface area contributed by atoms with Gasteiger partial charge in [-0.2, -0.15) is 0 Å². The normalized spacial score (nSPS) is 11.3. The third-order valence-electron chi connectivity index (χ3n) is 5.05. The van der Waals surface area contributed by atoms with E-state index < -0.39 is 0 Å². The van der Waals surface area contributed by atoms with E-state index in [4.69, 9.17) is 4.98 Å². The third-order valence-corrected chi connectivity index (χ3v) is 6.06. The van der Waals surface area contributed by atoms with Crippen molar-refractivity contribution in [1.82, 2.24) is 9.55 Å². The van der Waals surface area contributed by atoms with Crippen LogP contribution in [0.2, 0.25) is 0 Å². The molecular weight excluding hydrogens is 376 g/mol. The van der Waals surface area contributed by atoms with Gasteiger partial charge < -0.3 is 0 Å². The lowest BCUT2D eigenvalue weighted by Crippen LogP contribution is -2.21. The lowest BCUT2D eigenvalue weighted by Gasteiger charge is -2.14. The van der Waals surface area contributed by atoms with Gasteiger partial charge in [0.1, 0.15) is 0 Å². The average Bonchev–Trinajstić information content (AvgIpc) is 2.73. The molecule has 3 nitrogen and oxygen atoms in total. The van der Waals surface area contributed by atoms with Gasteiger partial charge in [-0.3, -0.25) is 9.36 Å². The second kappa shape index (κ2) is 8.26. The van der Waals surface area contributed by atoms with E-state index in [1.165, 1.54) is 11.1 Å². The Morgan fingerprint density at radius 1 is 0.931 bits per heavy atom. The first-order chi connectivity index (χ1) is 14.0. The van der Waals surface area contributed by atoms with Crippen LogP contribution in [-0.4, -0.2) is 9.55 Å². The number of nitrogens with zero attached hydrogens (tertiary/aromatic N) is 2. The standard InChI is InChI=1S/C25H24N2OS/c1-17(2)20-12-10-19(11-13-20)16-29-25-26-23-7-5-4-6-22(23)24(28)27(25)21-14-8-18(3)9-15-21/h4-15,17H,16H2,1-3H3. The number of benzene rings is 3. The van der Waals surface area contributed by atoms with Crippen molar-refractivity contribution >= 4 is 22.7 Å². The summed E-state index contributed by atoms with van der Waals surface area (Å²) < 4.78 is 1.73. The molecule has 0 saturated heterocycles. The largest absolute Gasteiger partial charge is 0.268 e. The summed E-state index contributed by atoms with van der Waals surface area (Å²) in [6.45, 7) is 6.44. The number of rotatable bonds is 5. The minimum Gasteiger partial charge on any atom is -0.268 e. The van der Waals surface area contributed by atoms with Crippen molar-refractivity contribution in [2.45, 2.75) is 37.6 Å². The number of hydrogen-bond acceptors (Lipinski definition) is 3. The molecule has 4 aromatic rings. The lowest BCUT2D eigenvalue weighted by molar-refractivity contribution is 0.819. The number of fused-ring (bicyclic) bond motifs is 1. The number of aryl methyl sites for hydroxylation is 1. The Morgan fingerprint density at radius 2 is 1.62 bits per heavy atom. The van der Waals surface area contributed by atoms with Gasteiger partial charge in [-0.25, -0.2) is 4.98 Å². The Kier molecular flexibility index (Phi) is 5.54. The average molecular weight is 401 g/mol. The van der Waals surface area contributed by atoms with E-state index in [9.17, 15) is 4.79 Å². The molecule has 1 heterocycles. The highest BCUT2D eigenvalue weighted by molar-refractivity contribution is 7.98. The Hall–Kier alpha value is -2.85. The zero-order chi connectivity index (χ0) is 20.4. The van der Waals surface area contributed by atoms with E-state index in [2.05, 4.69) is 38.1 Å². The summed E-state index contributed by atoms with van der Waals surface area (Å²) in [5.41, 5.74) is 5.26. The molecule has 0 spiro atoms. The van der Waals surface area contributed by atoms with E-state index in [0.29, 0.717) is 16.5 Å². The van der Waals surface area contributed by atoms with E-state index in [-0.39, 0.29) is 5.56 Å². The summed E-state index contributed by atoms with van der Waals surface area (Å²) in [5.74, 6) is 1.28. The molecule has 3 aromatic carbocycles. The van der Waals surface area contributed by atoms with Crippen LogP contribution in [-0.2, 0) is 5.75 Å². The molecule has 0 radical (unpaired) electrons. The fourth-order valence-corrected chi connectivity index (χ4v) is 4.25. The number of hydrogen-bond donors (Lipinski definition) is 0. The zero-order valence-corrected chi connectivity index (χ0v) is 17.7. The second-order valence-electron chi connectivity index (χ2n) is 7.57. The molecule has 29 heavy (non-hydrogen) atoms. The van der Waals surface area contributed by atoms with Gasteiger partial charge in [0.25, 0.3) is 5.56 Å². The van der Waals surface area contributed by atoms with E-state index in [1.54, 1.807) is 16.3 Å². The van der Waals surface area contributed by atoms with Gasteiger partial charge in [-0.15, -0.1) is 0 Å². The molecule has 0 unspecified atom stereocenters. The van der Waals surface area contributed by atoms with Gasteiger partial charge >= 0.3 is 0 Å². The molecule has 0 atom stereocenters. The second-order valence-corrected chi connectivity index (χ2v) is 8.52. The van der Waals surface area contributed by atoms with Gasteiger partial charge in [0.15, 0.2) is 5.16 Å². The highest BCUT2D eigenvalue weighted by Crippen LogP contribution is 2.25. The van der Waals surface area contributed by atoms with Crippen LogP contribution in [0.4, 0.5) is 0 Å². The summed E-state index contributed by atoms with van der Waals surface area (Å²) in [5, 5.41) is 1.35. The molecule has 0 fully saturated rings. The zero-order valence-electron chi connectivity index (χ0n) is 16.9. The molecule has 0 aliphatic rings. The molecule has 0 saturated carbocycles. The Morgan fingerprint density at radius 3 is 2.31 bits per heavy atom. The summed E-state index contributed by atoms with van der Waals surface area (Å²) in [6, 6.07) is 24.2. The molecule has 0 amide bonds. The van der Waals surface area contributed by atoms with Crippen molar-refractivity contribution in [3.05, 3.63) is 99.8 Å². The van der Waals surface area contributed by atoms with Crippen molar-refractivity contribution in [3.8, 4) is 5.69 Å². The quantitative estimate of drug-likeness (QED) is 0.299. The first-order valence-electron chi connectivity index (χ1n) is 9.83. The number of thioether (sulfide) groups is 1. The lowest BCUT2D eigenvalue weighted by atomic mass is 10.0.